The van der Waals surface area contributed by atoms with Crippen LogP contribution in [0.25, 0.3) is 11.0 Å². The third-order valence-electron chi connectivity index (χ3n) is 6.58. The predicted octanol–water partition coefficient (Wildman–Crippen LogP) is 3.68. The number of carbonyl (C=O) groups is 1. The monoisotopic (exact) mass is 474 g/mol. The standard InChI is InChI=1S/C27H30N4O4/c1-30-14-13-22-25(30)26(35-23-6-4-3-5-21(23)27(33)34-2)29-24(28-22)17-18-7-9-19(10-8-18)31-15-11-20(32)12-16-31/h5-10,13-14,20,32H,3-4,11-12,15-17H2,1-2H3. The van der Waals surface area contributed by atoms with Gasteiger partial charge in [-0.25, -0.2) is 9.78 Å². The molecule has 2 aromatic heterocycles. The molecule has 35 heavy (non-hydrogen) atoms. The van der Waals surface area contributed by atoms with Crippen molar-refractivity contribution in [1.82, 2.24) is 14.5 Å². The number of hydrogen-bond acceptors (Lipinski definition) is 7. The number of allylic oxidation sites excluding steroid dienone is 2. The van der Waals surface area contributed by atoms with Crippen LogP contribution < -0.4 is 9.64 Å². The molecule has 5 rings (SSSR count). The third-order valence-corrected chi connectivity index (χ3v) is 6.58. The lowest BCUT2D eigenvalue weighted by Crippen LogP contribution is -2.35. The average molecular weight is 475 g/mol. The molecule has 8 heteroatoms. The fraction of sp³-hybridized carbons (Fsp3) is 0.370. The Morgan fingerprint density at radius 2 is 1.83 bits per heavy atom. The normalized spacial score (nSPS) is 16.7. The van der Waals surface area contributed by atoms with E-state index in [1.165, 1.54) is 7.11 Å². The lowest BCUT2D eigenvalue weighted by atomic mass is 10.1. The van der Waals surface area contributed by atoms with Crippen molar-refractivity contribution in [1.29, 1.82) is 0 Å². The number of benzene rings is 1. The summed E-state index contributed by atoms with van der Waals surface area (Å²) in [6, 6.07) is 10.4. The summed E-state index contributed by atoms with van der Waals surface area (Å²) in [4.78, 5) is 24.1. The molecule has 0 unspecified atom stereocenters. The third kappa shape index (κ3) is 4.93. The smallest absolute Gasteiger partial charge is 0.341 e. The zero-order chi connectivity index (χ0) is 24.4. The SMILES string of the molecule is COC(=O)C1=CCCC=C1Oc1nc(Cc2ccc(N3CCC(O)CC3)cc2)nc2ccn(C)c12. The van der Waals surface area contributed by atoms with E-state index in [1.807, 2.05) is 36.0 Å². The van der Waals surface area contributed by atoms with Gasteiger partial charge in [-0.3, -0.25) is 0 Å². The average Bonchev–Trinajstić information content (AvgIpc) is 3.25. The van der Waals surface area contributed by atoms with Crippen LogP contribution in [-0.2, 0) is 23.0 Å². The van der Waals surface area contributed by atoms with Crippen molar-refractivity contribution in [3.05, 3.63) is 71.4 Å². The molecule has 3 aromatic rings. The molecule has 0 radical (unpaired) electrons. The second-order valence-electron chi connectivity index (χ2n) is 9.02. The Morgan fingerprint density at radius 1 is 1.09 bits per heavy atom. The first-order valence-electron chi connectivity index (χ1n) is 12.0. The molecule has 0 amide bonds. The molecule has 0 spiro atoms. The first kappa shape index (κ1) is 23.1. The van der Waals surface area contributed by atoms with E-state index in [1.54, 1.807) is 0 Å². The summed E-state index contributed by atoms with van der Waals surface area (Å²) in [6.45, 7) is 1.74. The number of rotatable bonds is 6. The number of aromatic nitrogens is 3. The lowest BCUT2D eigenvalue weighted by molar-refractivity contribution is -0.136. The van der Waals surface area contributed by atoms with Gasteiger partial charge in [0.15, 0.2) is 0 Å². The number of piperidine rings is 1. The van der Waals surface area contributed by atoms with E-state index in [-0.39, 0.29) is 6.10 Å². The largest absolute Gasteiger partial charge is 0.465 e. The number of aliphatic hydroxyl groups excluding tert-OH is 1. The van der Waals surface area contributed by atoms with E-state index < -0.39 is 5.97 Å². The molecule has 8 nitrogen and oxygen atoms in total. The number of aliphatic hydroxyl groups is 1. The number of aryl methyl sites for hydroxylation is 1. The summed E-state index contributed by atoms with van der Waals surface area (Å²) in [5.74, 6) is 1.11. The number of methoxy groups -OCH3 is 1. The maximum Gasteiger partial charge on any atom is 0.341 e. The maximum absolute atomic E-state index is 12.2. The van der Waals surface area contributed by atoms with Crippen molar-refractivity contribution < 1.29 is 19.4 Å². The first-order chi connectivity index (χ1) is 17.0. The number of anilines is 1. The second kappa shape index (κ2) is 9.92. The van der Waals surface area contributed by atoms with Crippen molar-refractivity contribution in [3.8, 4) is 5.88 Å². The van der Waals surface area contributed by atoms with Crippen LogP contribution in [0.4, 0.5) is 5.69 Å². The van der Waals surface area contributed by atoms with E-state index in [0.29, 0.717) is 29.5 Å². The van der Waals surface area contributed by atoms with E-state index in [0.717, 1.165) is 61.1 Å². The highest BCUT2D eigenvalue weighted by Crippen LogP contribution is 2.29. The molecule has 2 aliphatic rings. The van der Waals surface area contributed by atoms with Crippen LogP contribution >= 0.6 is 0 Å². The van der Waals surface area contributed by atoms with Gasteiger partial charge in [-0.05, 0) is 55.5 Å². The Hall–Kier alpha value is -3.65. The first-order valence-corrected chi connectivity index (χ1v) is 12.0. The molecule has 1 aromatic carbocycles. The summed E-state index contributed by atoms with van der Waals surface area (Å²) in [7, 11) is 3.29. The van der Waals surface area contributed by atoms with Gasteiger partial charge in [0.1, 0.15) is 17.1 Å². The zero-order valence-corrected chi connectivity index (χ0v) is 20.1. The summed E-state index contributed by atoms with van der Waals surface area (Å²) in [5, 5.41) is 9.76. The highest BCUT2D eigenvalue weighted by Gasteiger charge is 2.22. The predicted molar refractivity (Wildman–Crippen MR) is 133 cm³/mol. The van der Waals surface area contributed by atoms with Crippen LogP contribution in [0.1, 0.15) is 37.1 Å². The van der Waals surface area contributed by atoms with Crippen LogP contribution in [0, 0.1) is 0 Å². The van der Waals surface area contributed by atoms with E-state index in [4.69, 9.17) is 19.4 Å². The van der Waals surface area contributed by atoms with Gasteiger partial charge < -0.3 is 24.0 Å². The minimum absolute atomic E-state index is 0.185. The lowest BCUT2D eigenvalue weighted by Gasteiger charge is -2.31. The summed E-state index contributed by atoms with van der Waals surface area (Å²) >= 11 is 0. The summed E-state index contributed by atoms with van der Waals surface area (Å²) in [5.41, 5.74) is 4.24. The van der Waals surface area contributed by atoms with Crippen LogP contribution in [0.15, 0.2) is 60.0 Å². The van der Waals surface area contributed by atoms with E-state index in [2.05, 4.69) is 29.2 Å². The van der Waals surface area contributed by atoms with Gasteiger partial charge in [0.05, 0.1) is 24.3 Å². The highest BCUT2D eigenvalue weighted by molar-refractivity contribution is 5.93. The molecule has 1 aliphatic carbocycles. The van der Waals surface area contributed by atoms with Crippen molar-refractivity contribution in [2.75, 3.05) is 25.1 Å². The maximum atomic E-state index is 12.2. The van der Waals surface area contributed by atoms with Gasteiger partial charge in [0, 0.05) is 38.4 Å². The molecular weight excluding hydrogens is 444 g/mol. The number of carbonyl (C=O) groups excluding carboxylic acids is 1. The Morgan fingerprint density at radius 3 is 2.57 bits per heavy atom. The number of ether oxygens (including phenoxy) is 2. The quantitative estimate of drug-likeness (QED) is 0.545. The fourth-order valence-corrected chi connectivity index (χ4v) is 4.63. The Balaban J connectivity index is 1.39. The number of esters is 1. The van der Waals surface area contributed by atoms with Gasteiger partial charge >= 0.3 is 5.97 Å². The molecule has 0 saturated carbocycles. The Labute approximate surface area is 204 Å². The minimum atomic E-state index is -0.420. The van der Waals surface area contributed by atoms with E-state index >= 15 is 0 Å². The molecule has 0 atom stereocenters. The van der Waals surface area contributed by atoms with Gasteiger partial charge in [-0.2, -0.15) is 4.98 Å². The van der Waals surface area contributed by atoms with Crippen LogP contribution in [0.3, 0.4) is 0 Å². The fourth-order valence-electron chi connectivity index (χ4n) is 4.63. The molecule has 0 bridgehead atoms. The van der Waals surface area contributed by atoms with Crippen molar-refractivity contribution >= 4 is 22.7 Å². The van der Waals surface area contributed by atoms with Crippen molar-refractivity contribution in [2.45, 2.75) is 38.2 Å². The molecule has 1 aliphatic heterocycles. The molecule has 182 valence electrons. The van der Waals surface area contributed by atoms with E-state index in [9.17, 15) is 9.90 Å². The molecule has 3 heterocycles. The van der Waals surface area contributed by atoms with Crippen LogP contribution in [-0.4, -0.2) is 51.9 Å². The van der Waals surface area contributed by atoms with Gasteiger partial charge in [0.25, 0.3) is 0 Å². The highest BCUT2D eigenvalue weighted by atomic mass is 16.5. The molecule has 1 N–H and O–H groups in total. The topological polar surface area (TPSA) is 89.7 Å². The molecule has 1 fully saturated rings. The Bertz CT molecular complexity index is 1280. The molecule has 1 saturated heterocycles. The van der Waals surface area contributed by atoms with Crippen LogP contribution in [0.5, 0.6) is 5.88 Å². The summed E-state index contributed by atoms with van der Waals surface area (Å²) < 4.78 is 13.1. The van der Waals surface area contributed by atoms with Gasteiger partial charge in [-0.1, -0.05) is 18.2 Å². The van der Waals surface area contributed by atoms with Crippen molar-refractivity contribution in [2.24, 2.45) is 7.05 Å². The summed E-state index contributed by atoms with van der Waals surface area (Å²) in [6.07, 6.45) is 9.20. The number of hydrogen-bond donors (Lipinski definition) is 1. The van der Waals surface area contributed by atoms with Crippen LogP contribution in [0.2, 0.25) is 0 Å². The molecular formula is C27H30N4O4. The van der Waals surface area contributed by atoms with Gasteiger partial charge in [0.2, 0.25) is 5.88 Å². The van der Waals surface area contributed by atoms with Crippen molar-refractivity contribution in [3.63, 3.8) is 0 Å². The van der Waals surface area contributed by atoms with Gasteiger partial charge in [-0.15, -0.1) is 0 Å². The zero-order valence-electron chi connectivity index (χ0n) is 20.1. The minimum Gasteiger partial charge on any atom is -0.465 e. The second-order valence-corrected chi connectivity index (χ2v) is 9.02. The number of fused-ring (bicyclic) bond motifs is 1. The Kier molecular flexibility index (Phi) is 6.55. The number of nitrogens with zero attached hydrogens (tertiary/aromatic N) is 4.